The normalized spacial score (nSPS) is 12.2. The van der Waals surface area contributed by atoms with E-state index in [1.807, 2.05) is 0 Å². The van der Waals surface area contributed by atoms with Gasteiger partial charge < -0.3 is 0 Å². The van der Waals surface area contributed by atoms with E-state index >= 15 is 0 Å². The van der Waals surface area contributed by atoms with Crippen LogP contribution in [0, 0.1) is 37.7 Å². The Morgan fingerprint density at radius 2 is 1.16 bits per heavy atom. The molecule has 162 valence electrons. The van der Waals surface area contributed by atoms with Gasteiger partial charge in [-0.2, -0.15) is 4.39 Å². The lowest BCUT2D eigenvalue weighted by Gasteiger charge is -2.13. The van der Waals surface area contributed by atoms with Crippen molar-refractivity contribution in [3.63, 3.8) is 0 Å². The highest BCUT2D eigenvalue weighted by atomic mass is 19.1. The number of fused-ring (bicyclic) bond motifs is 1. The molecule has 0 radical (unpaired) electrons. The fourth-order valence-corrected chi connectivity index (χ4v) is 2.87. The highest BCUT2D eigenvalue weighted by molar-refractivity contribution is 6.35. The molecule has 1 aliphatic rings. The fraction of sp³-hybridized carbons (Fsp3) is 0. The van der Waals surface area contributed by atoms with E-state index in [2.05, 4.69) is 0 Å². The number of nitro groups is 2. The lowest BCUT2D eigenvalue weighted by Crippen LogP contribution is -2.30. The Morgan fingerprint density at radius 1 is 0.688 bits per heavy atom. The summed E-state index contributed by atoms with van der Waals surface area (Å²) in [6.07, 6.45) is 0. The molecular weight excluding hydrogens is 435 g/mol. The molecule has 12 heteroatoms. The number of rotatable bonds is 3. The molecule has 0 fully saturated rings. The summed E-state index contributed by atoms with van der Waals surface area (Å²) >= 11 is 0. The van der Waals surface area contributed by atoms with Crippen molar-refractivity contribution in [2.45, 2.75) is 0 Å². The van der Waals surface area contributed by atoms with Crippen molar-refractivity contribution in [2.75, 3.05) is 4.90 Å². The molecule has 3 aromatic rings. The minimum atomic E-state index is -1.16. The van der Waals surface area contributed by atoms with E-state index in [1.165, 1.54) is 12.1 Å². The van der Waals surface area contributed by atoms with E-state index in [0.717, 1.165) is 30.3 Å². The van der Waals surface area contributed by atoms with Crippen LogP contribution in [-0.2, 0) is 0 Å². The van der Waals surface area contributed by atoms with Crippen molar-refractivity contribution in [2.24, 2.45) is 0 Å². The highest BCUT2D eigenvalue weighted by Gasteiger charge is 2.39. The zero-order valence-corrected chi connectivity index (χ0v) is 15.7. The number of carbonyl (C=O) groups excluding carboxylic acids is 2. The number of benzene rings is 3. The Balaban J connectivity index is 0.000000222. The van der Waals surface area contributed by atoms with E-state index < -0.39 is 50.5 Å². The molecule has 0 aliphatic carbocycles. The van der Waals surface area contributed by atoms with E-state index in [9.17, 15) is 43.0 Å². The first-order valence-corrected chi connectivity index (χ1v) is 8.63. The van der Waals surface area contributed by atoms with Gasteiger partial charge in [0.15, 0.2) is 0 Å². The summed E-state index contributed by atoms with van der Waals surface area (Å²) in [5.41, 5.74) is -1.31. The molecule has 0 unspecified atom stereocenters. The minimum absolute atomic E-state index is 0.140. The van der Waals surface area contributed by atoms with Crippen molar-refractivity contribution in [1.82, 2.24) is 0 Å². The quantitative estimate of drug-likeness (QED) is 0.334. The summed E-state index contributed by atoms with van der Waals surface area (Å²) < 4.78 is 37.9. The lowest BCUT2D eigenvalue weighted by molar-refractivity contribution is -0.387. The van der Waals surface area contributed by atoms with Gasteiger partial charge in [-0.25, -0.2) is 13.7 Å². The number of nitro benzene ring substituents is 2. The van der Waals surface area contributed by atoms with Gasteiger partial charge >= 0.3 is 5.69 Å². The average molecular weight is 445 g/mol. The standard InChI is InChI=1S/C14H7FN2O4.C6H3F2NO2/c15-8-5-6-11(17(20)21)12(7-8)16-13(18)9-3-1-2-4-10(9)14(16)19;7-4-1-2-6(9(10)11)5(8)3-4/h1-7H;1-3H. The molecule has 0 saturated carbocycles. The first-order valence-electron chi connectivity index (χ1n) is 8.63. The molecule has 1 heterocycles. The number of amides is 2. The largest absolute Gasteiger partial charge is 0.304 e. The molecule has 4 rings (SSSR count). The first-order chi connectivity index (χ1) is 15.1. The van der Waals surface area contributed by atoms with E-state index in [-0.39, 0.29) is 16.8 Å². The molecule has 0 saturated heterocycles. The van der Waals surface area contributed by atoms with Crippen molar-refractivity contribution >= 4 is 28.9 Å². The van der Waals surface area contributed by atoms with Gasteiger partial charge in [-0.3, -0.25) is 29.8 Å². The smallest absolute Gasteiger partial charge is 0.268 e. The maximum atomic E-state index is 13.4. The fourth-order valence-electron chi connectivity index (χ4n) is 2.87. The van der Waals surface area contributed by atoms with Gasteiger partial charge in [0.25, 0.3) is 17.5 Å². The van der Waals surface area contributed by atoms with Gasteiger partial charge in [0.05, 0.1) is 21.0 Å². The molecule has 2 amide bonds. The van der Waals surface area contributed by atoms with Crippen molar-refractivity contribution in [3.8, 4) is 0 Å². The Morgan fingerprint density at radius 3 is 1.62 bits per heavy atom. The maximum absolute atomic E-state index is 13.4. The molecule has 32 heavy (non-hydrogen) atoms. The molecule has 3 aromatic carbocycles. The zero-order valence-electron chi connectivity index (χ0n) is 15.7. The van der Waals surface area contributed by atoms with Crippen LogP contribution in [0.2, 0.25) is 0 Å². The number of nitrogens with zero attached hydrogens (tertiary/aromatic N) is 3. The third-order valence-electron chi connectivity index (χ3n) is 4.28. The van der Waals surface area contributed by atoms with Crippen molar-refractivity contribution in [1.29, 1.82) is 0 Å². The molecule has 0 spiro atoms. The van der Waals surface area contributed by atoms with Gasteiger partial charge in [-0.1, -0.05) is 12.1 Å². The summed E-state index contributed by atoms with van der Waals surface area (Å²) in [5, 5.41) is 21.0. The van der Waals surface area contributed by atoms with Gasteiger partial charge in [-0.15, -0.1) is 0 Å². The Labute approximate surface area is 176 Å². The number of hydrogen-bond donors (Lipinski definition) is 0. The number of anilines is 1. The predicted molar refractivity (Wildman–Crippen MR) is 104 cm³/mol. The van der Waals surface area contributed by atoms with Crippen molar-refractivity contribution < 1.29 is 32.6 Å². The second-order valence-electron chi connectivity index (χ2n) is 6.23. The summed E-state index contributed by atoms with van der Waals surface area (Å²) in [6.45, 7) is 0. The zero-order chi connectivity index (χ0) is 23.6. The number of carbonyl (C=O) groups is 2. The first kappa shape index (κ1) is 22.1. The van der Waals surface area contributed by atoms with Crippen LogP contribution < -0.4 is 4.90 Å². The number of hydrogen-bond acceptors (Lipinski definition) is 6. The Kier molecular flexibility index (Phi) is 5.96. The van der Waals surface area contributed by atoms with E-state index in [1.54, 1.807) is 12.1 Å². The summed E-state index contributed by atoms with van der Waals surface area (Å²) in [6, 6.07) is 10.8. The van der Waals surface area contributed by atoms with Crippen LogP contribution in [-0.4, -0.2) is 21.7 Å². The van der Waals surface area contributed by atoms with Crippen molar-refractivity contribution in [3.05, 3.63) is 109 Å². The monoisotopic (exact) mass is 445 g/mol. The van der Waals surface area contributed by atoms with Crippen LogP contribution >= 0.6 is 0 Å². The number of halogens is 3. The van der Waals surface area contributed by atoms with Crippen LogP contribution in [0.25, 0.3) is 0 Å². The molecular formula is C20H10F3N3O6. The number of imide groups is 1. The third-order valence-corrected chi connectivity index (χ3v) is 4.28. The Bertz CT molecular complexity index is 1250. The van der Waals surface area contributed by atoms with E-state index in [0.29, 0.717) is 11.0 Å². The molecule has 0 aromatic heterocycles. The van der Waals surface area contributed by atoms with E-state index in [4.69, 9.17) is 0 Å². The molecule has 1 aliphatic heterocycles. The molecule has 0 atom stereocenters. The van der Waals surface area contributed by atoms with Crippen LogP contribution in [0.3, 0.4) is 0 Å². The second-order valence-corrected chi connectivity index (χ2v) is 6.23. The third kappa shape index (κ3) is 4.14. The van der Waals surface area contributed by atoms with Crippen LogP contribution in [0.4, 0.5) is 30.2 Å². The highest BCUT2D eigenvalue weighted by Crippen LogP contribution is 2.35. The average Bonchev–Trinajstić information content (AvgIpc) is 2.98. The van der Waals surface area contributed by atoms with Crippen LogP contribution in [0.15, 0.2) is 60.7 Å². The van der Waals surface area contributed by atoms with Crippen LogP contribution in [0.5, 0.6) is 0 Å². The minimum Gasteiger partial charge on any atom is -0.268 e. The van der Waals surface area contributed by atoms with Gasteiger partial charge in [-0.05, 0) is 24.3 Å². The summed E-state index contributed by atoms with van der Waals surface area (Å²) in [4.78, 5) is 44.5. The summed E-state index contributed by atoms with van der Waals surface area (Å²) in [5.74, 6) is -4.16. The Hall–Kier alpha value is -4.61. The van der Waals surface area contributed by atoms with Gasteiger partial charge in [0, 0.05) is 24.3 Å². The van der Waals surface area contributed by atoms with Crippen LogP contribution in [0.1, 0.15) is 20.7 Å². The topological polar surface area (TPSA) is 124 Å². The second kappa shape index (κ2) is 8.63. The molecule has 9 nitrogen and oxygen atoms in total. The summed E-state index contributed by atoms with van der Waals surface area (Å²) in [7, 11) is 0. The SMILES string of the molecule is O=C1c2ccccc2C(=O)N1c1cc(F)ccc1[N+](=O)[O-].O=[N+]([O-])c1ccc(F)cc1F. The van der Waals surface area contributed by atoms with Gasteiger partial charge in [0.2, 0.25) is 5.82 Å². The molecule has 0 N–H and O–H groups in total. The lowest BCUT2D eigenvalue weighted by atomic mass is 10.1. The predicted octanol–water partition coefficient (Wildman–Crippen LogP) is 4.41. The van der Waals surface area contributed by atoms with Gasteiger partial charge in [0.1, 0.15) is 17.3 Å². The maximum Gasteiger partial charge on any atom is 0.304 e. The molecule has 0 bridgehead atoms.